The first-order valence-corrected chi connectivity index (χ1v) is 27.6. The third kappa shape index (κ3) is 19.4. The maximum Gasteiger partial charge on any atom is 0.343 e. The molecule has 0 atom stereocenters. The number of nitrogens with zero attached hydrogens (tertiary/aromatic N) is 4. The summed E-state index contributed by atoms with van der Waals surface area (Å²) in [7, 11) is 0. The molecule has 0 fully saturated rings. The number of aromatic nitrogens is 2. The Bertz CT molecular complexity index is 2780. The molecule has 0 aliphatic rings. The van der Waals surface area contributed by atoms with E-state index in [-0.39, 0.29) is 11.5 Å². The topological polar surface area (TPSA) is 165 Å². The molecule has 0 saturated heterocycles. The van der Waals surface area contributed by atoms with Crippen LogP contribution >= 0.6 is 11.3 Å². The Morgan fingerprint density at radius 2 is 1.11 bits per heavy atom. The molecule has 0 aliphatic heterocycles. The van der Waals surface area contributed by atoms with Crippen LogP contribution in [-0.2, 0) is 19.1 Å². The first kappa shape index (κ1) is 57.9. The molecule has 0 N–H and O–H groups in total. The van der Waals surface area contributed by atoms with E-state index < -0.39 is 23.9 Å². The molecule has 14 nitrogen and oxygen atoms in total. The van der Waals surface area contributed by atoms with Crippen LogP contribution in [0.15, 0.2) is 128 Å². The van der Waals surface area contributed by atoms with Gasteiger partial charge in [-0.3, -0.25) is 0 Å². The molecule has 402 valence electrons. The highest BCUT2D eigenvalue weighted by Gasteiger charge is 2.21. The van der Waals surface area contributed by atoms with E-state index in [2.05, 4.69) is 25.1 Å². The lowest BCUT2D eigenvalue weighted by Gasteiger charge is -2.18. The van der Waals surface area contributed by atoms with Crippen molar-refractivity contribution < 1.29 is 47.6 Å². The number of thiazole rings is 1. The zero-order chi connectivity index (χ0) is 53.6. The number of hydrazone groups is 1. The number of carbonyl (C=O) groups is 4. The SMILES string of the molecule is C=CC(=O)OCCCCCCOc1ccc(C(=O)Oc2cc(/C=N/N(CCCCCCCCCCCC)c3nc4cccnc4s3)c(OC(=O)c3ccc(OCCCCCCOC(=O)C=C)cc3)c3ccccc23)cc1. The van der Waals surface area contributed by atoms with Crippen LogP contribution in [0, 0.1) is 0 Å². The van der Waals surface area contributed by atoms with Crippen LogP contribution < -0.4 is 24.0 Å². The third-order valence-electron chi connectivity index (χ3n) is 12.4. The lowest BCUT2D eigenvalue weighted by atomic mass is 10.0. The van der Waals surface area contributed by atoms with Gasteiger partial charge in [-0.05, 0) is 125 Å². The molecule has 15 heteroatoms. The minimum absolute atomic E-state index is 0.242. The van der Waals surface area contributed by atoms with Crippen molar-refractivity contribution in [3.8, 4) is 23.0 Å². The van der Waals surface area contributed by atoms with Crippen molar-refractivity contribution in [3.05, 3.63) is 139 Å². The molecule has 6 aromatic rings. The minimum Gasteiger partial charge on any atom is -0.494 e. The smallest absolute Gasteiger partial charge is 0.343 e. The number of unbranched alkanes of at least 4 members (excludes halogenated alkanes) is 15. The van der Waals surface area contributed by atoms with Gasteiger partial charge in [-0.15, -0.1) is 0 Å². The second kappa shape index (κ2) is 32.8. The zero-order valence-electron chi connectivity index (χ0n) is 43.9. The Balaban J connectivity index is 1.19. The number of benzene rings is 4. The molecule has 0 saturated carbocycles. The Morgan fingerprint density at radius 1 is 0.592 bits per heavy atom. The van der Waals surface area contributed by atoms with Crippen molar-refractivity contribution in [3.63, 3.8) is 0 Å². The van der Waals surface area contributed by atoms with Crippen LogP contribution in [0.4, 0.5) is 5.13 Å². The second-order valence-corrected chi connectivity index (χ2v) is 19.3. The molecule has 0 radical (unpaired) electrons. The summed E-state index contributed by atoms with van der Waals surface area (Å²) in [5.74, 6) is -0.281. The van der Waals surface area contributed by atoms with E-state index in [9.17, 15) is 19.2 Å². The molecule has 0 bridgehead atoms. The average molecular weight is 1050 g/mol. The summed E-state index contributed by atoms with van der Waals surface area (Å²) in [4.78, 5) is 60.7. The molecule has 0 aliphatic carbocycles. The Morgan fingerprint density at radius 3 is 1.66 bits per heavy atom. The van der Waals surface area contributed by atoms with Crippen LogP contribution in [0.1, 0.15) is 149 Å². The van der Waals surface area contributed by atoms with E-state index in [0.29, 0.717) is 77.1 Å². The van der Waals surface area contributed by atoms with E-state index in [1.165, 1.54) is 56.3 Å². The van der Waals surface area contributed by atoms with Gasteiger partial charge in [0.25, 0.3) is 0 Å². The van der Waals surface area contributed by atoms with Gasteiger partial charge >= 0.3 is 23.9 Å². The quantitative estimate of drug-likeness (QED) is 0.00912. The predicted molar refractivity (Wildman–Crippen MR) is 301 cm³/mol. The van der Waals surface area contributed by atoms with E-state index in [1.807, 2.05) is 41.4 Å². The summed E-state index contributed by atoms with van der Waals surface area (Å²) in [6, 6.07) is 26.4. The summed E-state index contributed by atoms with van der Waals surface area (Å²) in [6.07, 6.45) is 24.4. The molecular formula is C61H72N4O10S. The Hall–Kier alpha value is -7.39. The maximum absolute atomic E-state index is 14.1. The predicted octanol–water partition coefficient (Wildman–Crippen LogP) is 14.4. The number of esters is 4. The highest BCUT2D eigenvalue weighted by molar-refractivity contribution is 7.21. The Labute approximate surface area is 451 Å². The maximum atomic E-state index is 14.1. The van der Waals surface area contributed by atoms with Gasteiger partial charge in [0.2, 0.25) is 5.13 Å². The molecule has 4 aromatic carbocycles. The lowest BCUT2D eigenvalue weighted by molar-refractivity contribution is -0.138. The molecule has 2 aromatic heterocycles. The molecule has 2 heterocycles. The summed E-state index contributed by atoms with van der Waals surface area (Å²) >= 11 is 1.45. The van der Waals surface area contributed by atoms with Crippen LogP contribution in [-0.4, -0.2) is 73.0 Å². The molecule has 6 rings (SSSR count). The van der Waals surface area contributed by atoms with Crippen molar-refractivity contribution >= 4 is 67.7 Å². The lowest BCUT2D eigenvalue weighted by Crippen LogP contribution is -2.18. The number of fused-ring (bicyclic) bond motifs is 2. The van der Waals surface area contributed by atoms with Crippen LogP contribution in [0.5, 0.6) is 23.0 Å². The number of carbonyl (C=O) groups excluding carboxylic acids is 4. The van der Waals surface area contributed by atoms with Gasteiger partial charge in [-0.2, -0.15) is 5.10 Å². The van der Waals surface area contributed by atoms with E-state index in [4.69, 9.17) is 38.5 Å². The molecule has 0 amide bonds. The summed E-state index contributed by atoms with van der Waals surface area (Å²) in [6.45, 7) is 11.4. The first-order valence-electron chi connectivity index (χ1n) is 26.8. The number of rotatable bonds is 36. The second-order valence-electron chi connectivity index (χ2n) is 18.3. The van der Waals surface area contributed by atoms with Gasteiger partial charge in [-0.1, -0.05) is 113 Å². The Kier molecular flexibility index (Phi) is 25.0. The number of ether oxygens (including phenoxy) is 6. The highest BCUT2D eigenvalue weighted by Crippen LogP contribution is 2.38. The number of hydrogen-bond acceptors (Lipinski definition) is 15. The molecule has 0 unspecified atom stereocenters. The van der Waals surface area contributed by atoms with Crippen LogP contribution in [0.3, 0.4) is 0 Å². The fraction of sp³-hybridized carbons (Fsp3) is 0.393. The number of anilines is 1. The van der Waals surface area contributed by atoms with Gasteiger partial charge in [0.1, 0.15) is 33.3 Å². The molecule has 0 spiro atoms. The molecular weight excluding hydrogens is 981 g/mol. The monoisotopic (exact) mass is 1050 g/mol. The average Bonchev–Trinajstić information content (AvgIpc) is 3.90. The van der Waals surface area contributed by atoms with Gasteiger partial charge in [0.05, 0.1) is 43.8 Å². The normalized spacial score (nSPS) is 11.1. The summed E-state index contributed by atoms with van der Waals surface area (Å²) < 4.78 is 34.5. The van der Waals surface area contributed by atoms with Crippen LogP contribution in [0.2, 0.25) is 0 Å². The van der Waals surface area contributed by atoms with Gasteiger partial charge < -0.3 is 28.4 Å². The standard InChI is InChI=1S/C61H72N4O10S/c1-4-7-8-9-10-11-12-13-14-21-39-65(61-64-53-29-26-38-62-58(53)76-61)63-45-48-44-54(74-59(68)46-30-34-49(35-31-46)70-40-22-15-17-24-42-72-55(66)5-2)51-27-19-20-28-52(51)57(48)75-60(69)47-32-36-50(37-33-47)71-41-23-16-18-25-43-73-56(67)6-3/h5-6,19-20,26-38,44-45H,2-4,7-18,21-25,39-43H2,1H3/b63-45+. The number of pyridine rings is 1. The summed E-state index contributed by atoms with van der Waals surface area (Å²) in [5, 5.41) is 8.67. The first-order chi connectivity index (χ1) is 37.3. The fourth-order valence-corrected chi connectivity index (χ4v) is 9.12. The highest BCUT2D eigenvalue weighted by atomic mass is 32.1. The number of hydrogen-bond donors (Lipinski definition) is 0. The van der Waals surface area contributed by atoms with Crippen LogP contribution in [0.25, 0.3) is 21.1 Å². The third-order valence-corrected chi connectivity index (χ3v) is 13.4. The molecule has 76 heavy (non-hydrogen) atoms. The van der Waals surface area contributed by atoms with E-state index in [1.54, 1.807) is 67.0 Å². The van der Waals surface area contributed by atoms with Crippen molar-refractivity contribution in [2.75, 3.05) is 38.0 Å². The summed E-state index contributed by atoms with van der Waals surface area (Å²) in [5.41, 5.74) is 1.81. The largest absolute Gasteiger partial charge is 0.494 e. The van der Waals surface area contributed by atoms with Crippen molar-refractivity contribution in [2.45, 2.75) is 122 Å². The van der Waals surface area contributed by atoms with E-state index in [0.717, 1.165) is 93.1 Å². The van der Waals surface area contributed by atoms with Gasteiger partial charge in [0, 0.05) is 41.2 Å². The minimum atomic E-state index is -0.596. The van der Waals surface area contributed by atoms with Crippen molar-refractivity contribution in [2.24, 2.45) is 5.10 Å². The van der Waals surface area contributed by atoms with Gasteiger partial charge in [0.15, 0.2) is 0 Å². The van der Waals surface area contributed by atoms with Crippen molar-refractivity contribution in [1.82, 2.24) is 9.97 Å². The van der Waals surface area contributed by atoms with Gasteiger partial charge in [-0.25, -0.2) is 34.2 Å². The fourth-order valence-electron chi connectivity index (χ4n) is 8.23. The van der Waals surface area contributed by atoms with E-state index >= 15 is 0 Å². The van der Waals surface area contributed by atoms with Crippen molar-refractivity contribution in [1.29, 1.82) is 0 Å². The zero-order valence-corrected chi connectivity index (χ0v) is 44.7.